The number of hydrogen-bond acceptors (Lipinski definition) is 2. The lowest BCUT2D eigenvalue weighted by molar-refractivity contribution is 0.0440. The van der Waals surface area contributed by atoms with Crippen LogP contribution < -0.4 is 5.73 Å². The molecule has 0 radical (unpaired) electrons. The molecule has 2 aliphatic rings. The van der Waals surface area contributed by atoms with Crippen molar-refractivity contribution in [1.29, 1.82) is 0 Å². The van der Waals surface area contributed by atoms with E-state index in [2.05, 4.69) is 18.7 Å². The van der Waals surface area contributed by atoms with Gasteiger partial charge < -0.3 is 5.73 Å². The Morgan fingerprint density at radius 1 is 1.19 bits per heavy atom. The SMILES string of the molecule is CCC1CCCCCN1C(C)(CN)C1CC1. The summed E-state index contributed by atoms with van der Waals surface area (Å²) in [6.07, 6.45) is 9.69. The summed E-state index contributed by atoms with van der Waals surface area (Å²) in [7, 11) is 0. The highest BCUT2D eigenvalue weighted by atomic mass is 15.2. The fraction of sp³-hybridized carbons (Fsp3) is 1.00. The molecule has 0 spiro atoms. The molecule has 94 valence electrons. The number of hydrogen-bond donors (Lipinski definition) is 1. The van der Waals surface area contributed by atoms with Gasteiger partial charge in [0.1, 0.15) is 0 Å². The smallest absolute Gasteiger partial charge is 0.0334 e. The van der Waals surface area contributed by atoms with Gasteiger partial charge in [-0.25, -0.2) is 0 Å². The second-order valence-corrected chi connectivity index (χ2v) is 5.94. The molecule has 1 saturated heterocycles. The third-order valence-electron chi connectivity index (χ3n) is 4.87. The molecule has 2 N–H and O–H groups in total. The Bertz CT molecular complexity index is 225. The van der Waals surface area contributed by atoms with Crippen LogP contribution in [0.4, 0.5) is 0 Å². The Labute approximate surface area is 101 Å². The van der Waals surface area contributed by atoms with Crippen molar-refractivity contribution in [3.8, 4) is 0 Å². The molecule has 2 rings (SSSR count). The van der Waals surface area contributed by atoms with Crippen LogP contribution in [0.25, 0.3) is 0 Å². The number of rotatable bonds is 4. The predicted octanol–water partition coefficient (Wildman–Crippen LogP) is 2.77. The van der Waals surface area contributed by atoms with E-state index in [0.29, 0.717) is 5.54 Å². The zero-order valence-corrected chi connectivity index (χ0v) is 11.0. The van der Waals surface area contributed by atoms with E-state index in [1.54, 1.807) is 0 Å². The first kappa shape index (κ1) is 12.4. The van der Waals surface area contributed by atoms with Crippen molar-refractivity contribution in [2.24, 2.45) is 11.7 Å². The Balaban J connectivity index is 2.12. The fourth-order valence-electron chi connectivity index (χ4n) is 3.50. The minimum absolute atomic E-state index is 0.297. The second kappa shape index (κ2) is 5.05. The standard InChI is InChI=1S/C14H28N2/c1-3-13-7-5-4-6-10-16(13)14(2,11-15)12-8-9-12/h12-13H,3-11,15H2,1-2H3. The Morgan fingerprint density at radius 2 is 1.94 bits per heavy atom. The average molecular weight is 224 g/mol. The Hall–Kier alpha value is -0.0800. The highest BCUT2D eigenvalue weighted by molar-refractivity contribution is 5.02. The molecule has 1 aliphatic heterocycles. The van der Waals surface area contributed by atoms with Gasteiger partial charge in [0, 0.05) is 18.1 Å². The quantitative estimate of drug-likeness (QED) is 0.795. The molecule has 2 heteroatoms. The van der Waals surface area contributed by atoms with Crippen LogP contribution in [0.15, 0.2) is 0 Å². The molecule has 0 aromatic rings. The molecule has 2 fully saturated rings. The van der Waals surface area contributed by atoms with Gasteiger partial charge in [0.2, 0.25) is 0 Å². The molecule has 0 aromatic carbocycles. The summed E-state index contributed by atoms with van der Waals surface area (Å²) in [4.78, 5) is 2.78. The van der Waals surface area contributed by atoms with E-state index in [1.165, 1.54) is 51.5 Å². The lowest BCUT2D eigenvalue weighted by Gasteiger charge is -2.45. The maximum atomic E-state index is 6.11. The molecule has 1 saturated carbocycles. The molecule has 0 bridgehead atoms. The van der Waals surface area contributed by atoms with Crippen LogP contribution in [0.3, 0.4) is 0 Å². The van der Waals surface area contributed by atoms with Gasteiger partial charge >= 0.3 is 0 Å². The molecular weight excluding hydrogens is 196 g/mol. The minimum Gasteiger partial charge on any atom is -0.329 e. The molecule has 0 amide bonds. The van der Waals surface area contributed by atoms with Gasteiger partial charge in [0.05, 0.1) is 0 Å². The summed E-state index contributed by atoms with van der Waals surface area (Å²) >= 11 is 0. The molecule has 1 heterocycles. The maximum absolute atomic E-state index is 6.11. The van der Waals surface area contributed by atoms with Crippen molar-refractivity contribution in [1.82, 2.24) is 4.90 Å². The Kier molecular flexibility index (Phi) is 3.91. The summed E-state index contributed by atoms with van der Waals surface area (Å²) in [6, 6.07) is 0.789. The fourth-order valence-corrected chi connectivity index (χ4v) is 3.50. The largest absolute Gasteiger partial charge is 0.329 e. The van der Waals surface area contributed by atoms with Crippen molar-refractivity contribution in [2.75, 3.05) is 13.1 Å². The number of likely N-dealkylation sites (tertiary alicyclic amines) is 1. The van der Waals surface area contributed by atoms with Crippen LogP contribution >= 0.6 is 0 Å². The summed E-state index contributed by atoms with van der Waals surface area (Å²) in [5.41, 5.74) is 6.40. The molecule has 1 aliphatic carbocycles. The van der Waals surface area contributed by atoms with Gasteiger partial charge in [-0.2, -0.15) is 0 Å². The highest BCUT2D eigenvalue weighted by Gasteiger charge is 2.46. The molecule has 16 heavy (non-hydrogen) atoms. The van der Waals surface area contributed by atoms with E-state index < -0.39 is 0 Å². The zero-order chi connectivity index (χ0) is 11.6. The summed E-state index contributed by atoms with van der Waals surface area (Å²) < 4.78 is 0. The van der Waals surface area contributed by atoms with Crippen molar-refractivity contribution >= 4 is 0 Å². The van der Waals surface area contributed by atoms with Crippen molar-refractivity contribution < 1.29 is 0 Å². The van der Waals surface area contributed by atoms with Gasteiger partial charge in [-0.1, -0.05) is 19.8 Å². The van der Waals surface area contributed by atoms with E-state index in [-0.39, 0.29) is 0 Å². The second-order valence-electron chi connectivity index (χ2n) is 5.94. The molecular formula is C14H28N2. The first-order valence-corrected chi connectivity index (χ1v) is 7.19. The average Bonchev–Trinajstić information content (AvgIpc) is 3.13. The van der Waals surface area contributed by atoms with Gasteiger partial charge in [-0.15, -0.1) is 0 Å². The first-order valence-electron chi connectivity index (χ1n) is 7.19. The van der Waals surface area contributed by atoms with Crippen LogP contribution in [0.1, 0.15) is 58.8 Å². The number of nitrogens with zero attached hydrogens (tertiary/aromatic N) is 1. The van der Waals surface area contributed by atoms with Crippen molar-refractivity contribution in [2.45, 2.75) is 70.4 Å². The van der Waals surface area contributed by atoms with Crippen LogP contribution in [0.5, 0.6) is 0 Å². The van der Waals surface area contributed by atoms with Crippen molar-refractivity contribution in [3.63, 3.8) is 0 Å². The van der Waals surface area contributed by atoms with Crippen LogP contribution in [0.2, 0.25) is 0 Å². The first-order chi connectivity index (χ1) is 7.72. The minimum atomic E-state index is 0.297. The topological polar surface area (TPSA) is 29.3 Å². The van der Waals surface area contributed by atoms with Crippen molar-refractivity contribution in [3.05, 3.63) is 0 Å². The normalized spacial score (nSPS) is 32.1. The lowest BCUT2D eigenvalue weighted by Crippen LogP contribution is -2.57. The van der Waals surface area contributed by atoms with Crippen LogP contribution in [-0.4, -0.2) is 29.6 Å². The molecule has 0 aromatic heterocycles. The van der Waals surface area contributed by atoms with Gasteiger partial charge in [-0.05, 0) is 51.5 Å². The summed E-state index contributed by atoms with van der Waals surface area (Å²) in [6.45, 7) is 6.88. The van der Waals surface area contributed by atoms with E-state index in [0.717, 1.165) is 18.5 Å². The molecule has 2 nitrogen and oxygen atoms in total. The van der Waals surface area contributed by atoms with E-state index in [4.69, 9.17) is 5.73 Å². The third kappa shape index (κ3) is 2.28. The Morgan fingerprint density at radius 3 is 2.50 bits per heavy atom. The molecule has 2 unspecified atom stereocenters. The highest BCUT2D eigenvalue weighted by Crippen LogP contribution is 2.44. The van der Waals surface area contributed by atoms with E-state index >= 15 is 0 Å². The zero-order valence-electron chi connectivity index (χ0n) is 11.0. The summed E-state index contributed by atoms with van der Waals surface area (Å²) in [5.74, 6) is 0.879. The van der Waals surface area contributed by atoms with E-state index in [1.807, 2.05) is 0 Å². The molecule has 2 atom stereocenters. The van der Waals surface area contributed by atoms with Crippen LogP contribution in [-0.2, 0) is 0 Å². The third-order valence-corrected chi connectivity index (χ3v) is 4.87. The van der Waals surface area contributed by atoms with Gasteiger partial charge in [0.25, 0.3) is 0 Å². The van der Waals surface area contributed by atoms with Gasteiger partial charge in [-0.3, -0.25) is 4.90 Å². The monoisotopic (exact) mass is 224 g/mol. The van der Waals surface area contributed by atoms with E-state index in [9.17, 15) is 0 Å². The number of nitrogens with two attached hydrogens (primary N) is 1. The predicted molar refractivity (Wildman–Crippen MR) is 69.4 cm³/mol. The van der Waals surface area contributed by atoms with Gasteiger partial charge in [0.15, 0.2) is 0 Å². The summed E-state index contributed by atoms with van der Waals surface area (Å²) in [5, 5.41) is 0. The maximum Gasteiger partial charge on any atom is 0.0334 e. The lowest BCUT2D eigenvalue weighted by atomic mass is 9.90. The van der Waals surface area contributed by atoms with Crippen LogP contribution in [0, 0.1) is 5.92 Å².